The Labute approximate surface area is 141 Å². The van der Waals surface area contributed by atoms with Gasteiger partial charge in [-0.3, -0.25) is 4.79 Å². The second kappa shape index (κ2) is 6.38. The summed E-state index contributed by atoms with van der Waals surface area (Å²) in [5, 5.41) is 13.3. The summed E-state index contributed by atoms with van der Waals surface area (Å²) >= 11 is 0. The Hall–Kier alpha value is -2.17. The van der Waals surface area contributed by atoms with Crippen molar-refractivity contribution in [3.05, 3.63) is 70.8 Å². The third-order valence-corrected chi connectivity index (χ3v) is 4.98. The first-order valence-electron chi connectivity index (χ1n) is 8.47. The average molecular weight is 323 g/mol. The smallest absolute Gasteiger partial charge is 0.223 e. The zero-order valence-corrected chi connectivity index (χ0v) is 13.4. The third-order valence-electron chi connectivity index (χ3n) is 4.98. The quantitative estimate of drug-likeness (QED) is 0.912. The number of ether oxygens (including phenoxy) is 1. The van der Waals surface area contributed by atoms with Crippen molar-refractivity contribution in [2.24, 2.45) is 0 Å². The highest BCUT2D eigenvalue weighted by atomic mass is 16.5. The lowest BCUT2D eigenvalue weighted by molar-refractivity contribution is -0.126. The van der Waals surface area contributed by atoms with Crippen LogP contribution in [0.1, 0.15) is 40.8 Å². The summed E-state index contributed by atoms with van der Waals surface area (Å²) in [5.41, 5.74) is 4.48. The lowest BCUT2D eigenvalue weighted by Crippen LogP contribution is -2.35. The molecule has 2 aromatic rings. The van der Waals surface area contributed by atoms with Crippen molar-refractivity contribution >= 4 is 5.91 Å². The number of benzene rings is 2. The molecule has 24 heavy (non-hydrogen) atoms. The van der Waals surface area contributed by atoms with E-state index < -0.39 is 6.10 Å². The molecule has 4 heteroatoms. The molecular formula is C20H21NO3. The van der Waals surface area contributed by atoms with Crippen LogP contribution in [0, 0.1) is 0 Å². The van der Waals surface area contributed by atoms with Gasteiger partial charge in [-0.15, -0.1) is 0 Å². The molecule has 2 aromatic carbocycles. The average Bonchev–Trinajstić information content (AvgIpc) is 2.91. The van der Waals surface area contributed by atoms with Crippen molar-refractivity contribution in [1.82, 2.24) is 5.32 Å². The molecule has 3 atom stereocenters. The number of amides is 1. The minimum Gasteiger partial charge on any atom is -0.390 e. The van der Waals surface area contributed by atoms with E-state index in [-0.39, 0.29) is 24.5 Å². The van der Waals surface area contributed by atoms with E-state index in [0.717, 1.165) is 23.1 Å². The van der Waals surface area contributed by atoms with Crippen LogP contribution in [-0.4, -0.2) is 23.7 Å². The maximum atomic E-state index is 12.5. The number of rotatable bonds is 3. The molecule has 2 N–H and O–H groups in total. The van der Waals surface area contributed by atoms with Crippen molar-refractivity contribution in [3.8, 4) is 0 Å². The monoisotopic (exact) mass is 323 g/mol. The summed E-state index contributed by atoms with van der Waals surface area (Å²) in [6.07, 6.45) is 0.990. The largest absolute Gasteiger partial charge is 0.390 e. The molecular weight excluding hydrogens is 302 g/mol. The number of carbonyl (C=O) groups is 1. The number of hydrogen-bond acceptors (Lipinski definition) is 3. The fourth-order valence-corrected chi connectivity index (χ4v) is 3.79. The molecule has 0 fully saturated rings. The number of nitrogens with one attached hydrogen (secondary N) is 1. The van der Waals surface area contributed by atoms with E-state index in [1.54, 1.807) is 0 Å². The van der Waals surface area contributed by atoms with Crippen LogP contribution < -0.4 is 5.32 Å². The molecule has 0 unspecified atom stereocenters. The topological polar surface area (TPSA) is 58.6 Å². The van der Waals surface area contributed by atoms with Crippen LogP contribution in [0.25, 0.3) is 0 Å². The zero-order chi connectivity index (χ0) is 16.5. The van der Waals surface area contributed by atoms with Gasteiger partial charge < -0.3 is 15.2 Å². The lowest BCUT2D eigenvalue weighted by Gasteiger charge is -2.26. The van der Waals surface area contributed by atoms with Crippen LogP contribution in [0.15, 0.2) is 48.5 Å². The minimum absolute atomic E-state index is 0.0857. The second-order valence-electron chi connectivity index (χ2n) is 6.53. The van der Waals surface area contributed by atoms with Gasteiger partial charge in [0.2, 0.25) is 5.91 Å². The molecule has 0 saturated heterocycles. The Kier molecular flexibility index (Phi) is 4.08. The van der Waals surface area contributed by atoms with E-state index in [1.807, 2.05) is 42.5 Å². The van der Waals surface area contributed by atoms with E-state index in [2.05, 4.69) is 11.4 Å². The molecule has 4 rings (SSSR count). The van der Waals surface area contributed by atoms with Gasteiger partial charge >= 0.3 is 0 Å². The molecule has 1 aliphatic heterocycles. The summed E-state index contributed by atoms with van der Waals surface area (Å²) in [4.78, 5) is 12.5. The first-order valence-corrected chi connectivity index (χ1v) is 8.47. The van der Waals surface area contributed by atoms with Crippen LogP contribution in [0.4, 0.5) is 0 Å². The van der Waals surface area contributed by atoms with Gasteiger partial charge in [-0.25, -0.2) is 0 Å². The highest BCUT2D eigenvalue weighted by Crippen LogP contribution is 2.33. The molecule has 1 aliphatic carbocycles. The van der Waals surface area contributed by atoms with Crippen molar-refractivity contribution < 1.29 is 14.6 Å². The van der Waals surface area contributed by atoms with E-state index in [9.17, 15) is 9.90 Å². The number of aliphatic hydroxyl groups is 1. The SMILES string of the molecule is O=C(C[C@@H]1OCCc2ccccc21)N[C@@H]1c2ccccc2C[C@@H]1O. The summed E-state index contributed by atoms with van der Waals surface area (Å²) in [6.45, 7) is 0.643. The maximum absolute atomic E-state index is 12.5. The summed E-state index contributed by atoms with van der Waals surface area (Å²) in [5.74, 6) is -0.0857. The standard InChI is InChI=1S/C20H21NO3/c22-17-11-14-6-2-4-8-16(14)20(17)21-19(23)12-18-15-7-3-1-5-13(15)9-10-24-18/h1-8,17-18,20,22H,9-12H2,(H,21,23)/t17-,18-,20+/m0/s1. The first-order chi connectivity index (χ1) is 11.7. The first kappa shape index (κ1) is 15.4. The molecule has 1 heterocycles. The van der Waals surface area contributed by atoms with Gasteiger partial charge in [0.25, 0.3) is 0 Å². The number of fused-ring (bicyclic) bond motifs is 2. The van der Waals surface area contributed by atoms with Gasteiger partial charge in [0.1, 0.15) is 0 Å². The summed E-state index contributed by atoms with van der Waals surface area (Å²) in [6, 6.07) is 15.7. The molecule has 4 nitrogen and oxygen atoms in total. The molecule has 2 aliphatic rings. The van der Waals surface area contributed by atoms with Crippen LogP contribution in [0.3, 0.4) is 0 Å². The highest BCUT2D eigenvalue weighted by molar-refractivity contribution is 5.77. The van der Waals surface area contributed by atoms with Crippen LogP contribution in [-0.2, 0) is 22.4 Å². The Morgan fingerprint density at radius 3 is 2.62 bits per heavy atom. The van der Waals surface area contributed by atoms with Crippen LogP contribution in [0.5, 0.6) is 0 Å². The van der Waals surface area contributed by atoms with E-state index in [1.165, 1.54) is 5.56 Å². The minimum atomic E-state index is -0.564. The van der Waals surface area contributed by atoms with Gasteiger partial charge in [-0.1, -0.05) is 48.5 Å². The van der Waals surface area contributed by atoms with E-state index in [4.69, 9.17) is 4.74 Å². The van der Waals surface area contributed by atoms with Gasteiger partial charge in [-0.05, 0) is 28.7 Å². The predicted molar refractivity (Wildman–Crippen MR) is 90.5 cm³/mol. The van der Waals surface area contributed by atoms with Gasteiger partial charge in [0.05, 0.1) is 31.3 Å². The van der Waals surface area contributed by atoms with Crippen molar-refractivity contribution in [3.63, 3.8) is 0 Å². The van der Waals surface area contributed by atoms with Gasteiger partial charge in [-0.2, -0.15) is 0 Å². The predicted octanol–water partition coefficient (Wildman–Crippen LogP) is 2.47. The lowest BCUT2D eigenvalue weighted by atomic mass is 9.95. The molecule has 0 radical (unpaired) electrons. The van der Waals surface area contributed by atoms with Gasteiger partial charge in [0, 0.05) is 6.42 Å². The molecule has 0 spiro atoms. The van der Waals surface area contributed by atoms with Crippen LogP contribution >= 0.6 is 0 Å². The number of hydrogen-bond donors (Lipinski definition) is 2. The van der Waals surface area contributed by atoms with Crippen molar-refractivity contribution in [2.75, 3.05) is 6.61 Å². The molecule has 0 saturated carbocycles. The van der Waals surface area contributed by atoms with Crippen LogP contribution in [0.2, 0.25) is 0 Å². The van der Waals surface area contributed by atoms with E-state index in [0.29, 0.717) is 13.0 Å². The Morgan fingerprint density at radius 2 is 1.79 bits per heavy atom. The summed E-state index contributed by atoms with van der Waals surface area (Å²) < 4.78 is 5.81. The van der Waals surface area contributed by atoms with Crippen molar-refractivity contribution in [2.45, 2.75) is 37.5 Å². The van der Waals surface area contributed by atoms with Crippen molar-refractivity contribution in [1.29, 1.82) is 0 Å². The molecule has 0 bridgehead atoms. The molecule has 0 aromatic heterocycles. The number of aliphatic hydroxyl groups excluding tert-OH is 1. The third kappa shape index (κ3) is 2.83. The van der Waals surface area contributed by atoms with Gasteiger partial charge in [0.15, 0.2) is 0 Å². The normalized spacial score (nSPS) is 25.0. The Balaban J connectivity index is 1.47. The fourth-order valence-electron chi connectivity index (χ4n) is 3.79. The Bertz CT molecular complexity index is 758. The zero-order valence-electron chi connectivity index (χ0n) is 13.4. The summed E-state index contributed by atoms with van der Waals surface area (Å²) in [7, 11) is 0. The highest BCUT2D eigenvalue weighted by Gasteiger charge is 2.32. The molecule has 1 amide bonds. The maximum Gasteiger partial charge on any atom is 0.223 e. The fraction of sp³-hybridized carbons (Fsp3) is 0.350. The van der Waals surface area contributed by atoms with E-state index >= 15 is 0 Å². The second-order valence-corrected chi connectivity index (χ2v) is 6.53. The Morgan fingerprint density at radius 1 is 1.08 bits per heavy atom. The molecule has 124 valence electrons. The number of carbonyl (C=O) groups excluding carboxylic acids is 1.